The van der Waals surface area contributed by atoms with Crippen molar-refractivity contribution in [2.45, 2.75) is 17.1 Å². The van der Waals surface area contributed by atoms with E-state index in [9.17, 15) is 0 Å². The molecule has 1 aliphatic heterocycles. The monoisotopic (exact) mass is 246 g/mol. The second-order valence-electron chi connectivity index (χ2n) is 3.99. The molecule has 0 N–H and O–H groups in total. The van der Waals surface area contributed by atoms with Crippen molar-refractivity contribution in [1.29, 1.82) is 0 Å². The third kappa shape index (κ3) is 1.85. The van der Waals surface area contributed by atoms with Crippen LogP contribution in [0.4, 0.5) is 0 Å². The Morgan fingerprint density at radius 3 is 2.62 bits per heavy atom. The molecule has 0 atom stereocenters. The van der Waals surface area contributed by atoms with Gasteiger partial charge in [0.1, 0.15) is 0 Å². The Balaban J connectivity index is 2.10. The number of benzene rings is 2. The van der Waals surface area contributed by atoms with Gasteiger partial charge < -0.3 is 0 Å². The van der Waals surface area contributed by atoms with E-state index in [2.05, 4.69) is 36.4 Å². The SMILES string of the molecule is Clc1ccc2c(c1)Cc1ccccc1CS2. The number of halogens is 1. The Morgan fingerprint density at radius 2 is 1.75 bits per heavy atom. The Kier molecular flexibility index (Phi) is 2.66. The standard InChI is InChI=1S/C14H11ClS/c15-13-5-6-14-12(8-13)7-10-3-1-2-4-11(10)9-16-14/h1-6,8H,7,9H2. The summed E-state index contributed by atoms with van der Waals surface area (Å²) in [6.07, 6.45) is 0.999. The van der Waals surface area contributed by atoms with Crippen molar-refractivity contribution in [2.24, 2.45) is 0 Å². The summed E-state index contributed by atoms with van der Waals surface area (Å²) in [6, 6.07) is 14.9. The Bertz CT molecular complexity index is 534. The number of hydrogen-bond acceptors (Lipinski definition) is 1. The molecule has 3 rings (SSSR count). The van der Waals surface area contributed by atoms with Crippen molar-refractivity contribution in [3.63, 3.8) is 0 Å². The molecule has 0 radical (unpaired) electrons. The highest BCUT2D eigenvalue weighted by Gasteiger charge is 2.13. The van der Waals surface area contributed by atoms with Crippen molar-refractivity contribution in [3.05, 3.63) is 64.2 Å². The fourth-order valence-electron chi connectivity index (χ4n) is 2.06. The zero-order chi connectivity index (χ0) is 11.0. The molecule has 0 saturated carbocycles. The maximum absolute atomic E-state index is 6.05. The molecule has 0 spiro atoms. The molecule has 0 nitrogen and oxygen atoms in total. The van der Waals surface area contributed by atoms with Crippen molar-refractivity contribution in [1.82, 2.24) is 0 Å². The van der Waals surface area contributed by atoms with E-state index in [-0.39, 0.29) is 0 Å². The highest BCUT2D eigenvalue weighted by atomic mass is 35.5. The number of thioether (sulfide) groups is 1. The highest BCUT2D eigenvalue weighted by molar-refractivity contribution is 7.98. The summed E-state index contributed by atoms with van der Waals surface area (Å²) in [4.78, 5) is 1.36. The average molecular weight is 247 g/mol. The smallest absolute Gasteiger partial charge is 0.0409 e. The van der Waals surface area contributed by atoms with Gasteiger partial charge in [0, 0.05) is 15.7 Å². The van der Waals surface area contributed by atoms with Gasteiger partial charge >= 0.3 is 0 Å². The molecule has 0 amide bonds. The van der Waals surface area contributed by atoms with Crippen molar-refractivity contribution < 1.29 is 0 Å². The summed E-state index contributed by atoms with van der Waals surface area (Å²) in [5.74, 6) is 1.06. The minimum atomic E-state index is 0.832. The lowest BCUT2D eigenvalue weighted by atomic mass is 10.0. The summed E-state index contributed by atoms with van der Waals surface area (Å²) >= 11 is 7.95. The van der Waals surface area contributed by atoms with E-state index in [0.29, 0.717) is 0 Å². The molecule has 0 fully saturated rings. The van der Waals surface area contributed by atoms with Crippen molar-refractivity contribution in [3.8, 4) is 0 Å². The summed E-state index contributed by atoms with van der Waals surface area (Å²) in [7, 11) is 0. The van der Waals surface area contributed by atoms with Crippen LogP contribution in [0.5, 0.6) is 0 Å². The quantitative estimate of drug-likeness (QED) is 0.658. The van der Waals surface area contributed by atoms with E-state index in [1.165, 1.54) is 21.6 Å². The van der Waals surface area contributed by atoms with Crippen LogP contribution in [0.15, 0.2) is 47.4 Å². The average Bonchev–Trinajstić information content (AvgIpc) is 2.47. The van der Waals surface area contributed by atoms with Crippen LogP contribution >= 0.6 is 23.4 Å². The molecule has 1 aliphatic rings. The van der Waals surface area contributed by atoms with Gasteiger partial charge in [0.15, 0.2) is 0 Å². The molecule has 1 heterocycles. The van der Waals surface area contributed by atoms with E-state index in [1.807, 2.05) is 17.8 Å². The van der Waals surface area contributed by atoms with Crippen LogP contribution in [0.3, 0.4) is 0 Å². The van der Waals surface area contributed by atoms with Crippen LogP contribution < -0.4 is 0 Å². The first-order chi connectivity index (χ1) is 7.83. The zero-order valence-electron chi connectivity index (χ0n) is 8.74. The van der Waals surface area contributed by atoms with Gasteiger partial charge in [-0.15, -0.1) is 11.8 Å². The summed E-state index contributed by atoms with van der Waals surface area (Å²) < 4.78 is 0. The molecule has 0 saturated heterocycles. The van der Waals surface area contributed by atoms with Gasteiger partial charge in [-0.05, 0) is 41.3 Å². The van der Waals surface area contributed by atoms with Gasteiger partial charge in [-0.3, -0.25) is 0 Å². The second kappa shape index (κ2) is 4.15. The largest absolute Gasteiger partial charge is 0.121 e. The lowest BCUT2D eigenvalue weighted by Gasteiger charge is -2.05. The lowest BCUT2D eigenvalue weighted by Crippen LogP contribution is -1.91. The molecule has 16 heavy (non-hydrogen) atoms. The number of rotatable bonds is 0. The third-order valence-electron chi connectivity index (χ3n) is 2.90. The summed E-state index contributed by atoms with van der Waals surface area (Å²) in [6.45, 7) is 0. The van der Waals surface area contributed by atoms with Gasteiger partial charge in [-0.2, -0.15) is 0 Å². The predicted molar refractivity (Wildman–Crippen MR) is 70.3 cm³/mol. The molecule has 0 bridgehead atoms. The minimum Gasteiger partial charge on any atom is -0.121 e. The molecule has 2 aromatic rings. The van der Waals surface area contributed by atoms with Crippen LogP contribution in [-0.4, -0.2) is 0 Å². The van der Waals surface area contributed by atoms with Gasteiger partial charge in [-0.1, -0.05) is 35.9 Å². The maximum Gasteiger partial charge on any atom is 0.0409 e. The first kappa shape index (κ1) is 10.2. The van der Waals surface area contributed by atoms with Crippen LogP contribution in [0.25, 0.3) is 0 Å². The van der Waals surface area contributed by atoms with Gasteiger partial charge in [0.2, 0.25) is 0 Å². The Morgan fingerprint density at radius 1 is 0.938 bits per heavy atom. The van der Waals surface area contributed by atoms with E-state index in [0.717, 1.165) is 17.2 Å². The van der Waals surface area contributed by atoms with Crippen LogP contribution in [-0.2, 0) is 12.2 Å². The number of hydrogen-bond donors (Lipinski definition) is 0. The molecule has 0 aromatic heterocycles. The minimum absolute atomic E-state index is 0.832. The van der Waals surface area contributed by atoms with Crippen LogP contribution in [0.2, 0.25) is 5.02 Å². The van der Waals surface area contributed by atoms with E-state index in [1.54, 1.807) is 0 Å². The first-order valence-electron chi connectivity index (χ1n) is 5.31. The van der Waals surface area contributed by atoms with E-state index < -0.39 is 0 Å². The van der Waals surface area contributed by atoms with Gasteiger partial charge in [0.25, 0.3) is 0 Å². The second-order valence-corrected chi connectivity index (χ2v) is 5.44. The molecule has 80 valence electrons. The summed E-state index contributed by atoms with van der Waals surface area (Å²) in [5, 5.41) is 0.832. The fourth-order valence-corrected chi connectivity index (χ4v) is 3.33. The van der Waals surface area contributed by atoms with E-state index >= 15 is 0 Å². The van der Waals surface area contributed by atoms with Gasteiger partial charge in [0.05, 0.1) is 0 Å². The molecule has 0 unspecified atom stereocenters. The predicted octanol–water partition coefficient (Wildman–Crippen LogP) is 4.54. The molecular weight excluding hydrogens is 236 g/mol. The number of fused-ring (bicyclic) bond motifs is 2. The highest BCUT2D eigenvalue weighted by Crippen LogP contribution is 2.34. The van der Waals surface area contributed by atoms with E-state index in [4.69, 9.17) is 11.6 Å². The normalized spacial score (nSPS) is 13.8. The Hall–Kier alpha value is -0.920. The van der Waals surface area contributed by atoms with Crippen LogP contribution in [0, 0.1) is 0 Å². The third-order valence-corrected chi connectivity index (χ3v) is 4.30. The summed E-state index contributed by atoms with van der Waals surface area (Å²) in [5.41, 5.74) is 4.22. The van der Waals surface area contributed by atoms with Crippen molar-refractivity contribution in [2.75, 3.05) is 0 Å². The zero-order valence-corrected chi connectivity index (χ0v) is 10.3. The van der Waals surface area contributed by atoms with Crippen molar-refractivity contribution >= 4 is 23.4 Å². The molecule has 2 aromatic carbocycles. The van der Waals surface area contributed by atoms with Gasteiger partial charge in [-0.25, -0.2) is 0 Å². The van der Waals surface area contributed by atoms with Crippen LogP contribution in [0.1, 0.15) is 16.7 Å². The lowest BCUT2D eigenvalue weighted by molar-refractivity contribution is 1.12. The molecule has 0 aliphatic carbocycles. The molecule has 2 heteroatoms. The fraction of sp³-hybridized carbons (Fsp3) is 0.143. The Labute approximate surface area is 105 Å². The topological polar surface area (TPSA) is 0 Å². The molecular formula is C14H11ClS. The first-order valence-corrected chi connectivity index (χ1v) is 6.67. The maximum atomic E-state index is 6.05.